The summed E-state index contributed by atoms with van der Waals surface area (Å²) in [6.07, 6.45) is 0. The topological polar surface area (TPSA) is 0 Å². The molecule has 0 atom stereocenters. The van der Waals surface area contributed by atoms with Crippen LogP contribution in [0, 0.1) is 0 Å². The van der Waals surface area contributed by atoms with Crippen molar-refractivity contribution in [2.24, 2.45) is 0 Å². The van der Waals surface area contributed by atoms with E-state index in [1.165, 1.54) is 87.6 Å². The Bertz CT molecular complexity index is 2550. The predicted molar refractivity (Wildman–Crippen MR) is 198 cm³/mol. The first-order chi connectivity index (χ1) is 22.8. The van der Waals surface area contributed by atoms with Gasteiger partial charge in [0.15, 0.2) is 0 Å². The highest BCUT2D eigenvalue weighted by Gasteiger charge is 2.12. The maximum atomic E-state index is 2.35. The Hall–Kier alpha value is -5.98. The largest absolute Gasteiger partial charge is 0.0622 e. The van der Waals surface area contributed by atoms with Crippen LogP contribution >= 0.6 is 0 Å². The molecule has 214 valence electrons. The van der Waals surface area contributed by atoms with Crippen LogP contribution in [0.5, 0.6) is 0 Å². The molecule has 0 amide bonds. The first kappa shape index (κ1) is 26.4. The van der Waals surface area contributed by atoms with E-state index in [0.29, 0.717) is 0 Å². The van der Waals surface area contributed by atoms with E-state index in [9.17, 15) is 0 Å². The van der Waals surface area contributed by atoms with Crippen LogP contribution in [0.4, 0.5) is 0 Å². The molecule has 9 aromatic rings. The number of hydrogen-bond acceptors (Lipinski definition) is 0. The molecular formula is C46H30. The van der Waals surface area contributed by atoms with Gasteiger partial charge in [-0.05, 0) is 112 Å². The van der Waals surface area contributed by atoms with Gasteiger partial charge in [0.1, 0.15) is 0 Å². The molecule has 0 fully saturated rings. The molecule has 9 aromatic carbocycles. The third-order valence-electron chi connectivity index (χ3n) is 9.44. The van der Waals surface area contributed by atoms with Gasteiger partial charge in [0, 0.05) is 0 Å². The number of benzene rings is 9. The molecule has 0 unspecified atom stereocenters. The highest BCUT2D eigenvalue weighted by atomic mass is 14.2. The highest BCUT2D eigenvalue weighted by molar-refractivity contribution is 6.10. The van der Waals surface area contributed by atoms with Crippen LogP contribution in [0.1, 0.15) is 0 Å². The minimum absolute atomic E-state index is 1.23. The van der Waals surface area contributed by atoms with Crippen LogP contribution in [0.25, 0.3) is 87.6 Å². The van der Waals surface area contributed by atoms with Gasteiger partial charge in [-0.2, -0.15) is 0 Å². The van der Waals surface area contributed by atoms with E-state index < -0.39 is 0 Å². The van der Waals surface area contributed by atoms with Gasteiger partial charge >= 0.3 is 0 Å². The molecule has 0 heteroatoms. The average molecular weight is 583 g/mol. The van der Waals surface area contributed by atoms with Crippen LogP contribution in [-0.4, -0.2) is 0 Å². The van der Waals surface area contributed by atoms with Crippen molar-refractivity contribution in [3.63, 3.8) is 0 Å². The number of hydrogen-bond donors (Lipinski definition) is 0. The summed E-state index contributed by atoms with van der Waals surface area (Å²) in [7, 11) is 0. The van der Waals surface area contributed by atoms with Crippen molar-refractivity contribution in [2.75, 3.05) is 0 Å². The average Bonchev–Trinajstić information content (AvgIpc) is 3.14. The van der Waals surface area contributed by atoms with Gasteiger partial charge in [-0.15, -0.1) is 0 Å². The Balaban J connectivity index is 1.09. The lowest BCUT2D eigenvalue weighted by Crippen LogP contribution is -1.88. The third kappa shape index (κ3) is 4.55. The summed E-state index contributed by atoms with van der Waals surface area (Å²) >= 11 is 0. The van der Waals surface area contributed by atoms with E-state index in [0.717, 1.165) is 0 Å². The van der Waals surface area contributed by atoms with Crippen molar-refractivity contribution in [2.45, 2.75) is 0 Å². The smallest absolute Gasteiger partial charge is 0.00988 e. The minimum Gasteiger partial charge on any atom is -0.0622 e. The second-order valence-corrected chi connectivity index (χ2v) is 12.2. The van der Waals surface area contributed by atoms with Crippen molar-refractivity contribution < 1.29 is 0 Å². The summed E-state index contributed by atoms with van der Waals surface area (Å²) in [6.45, 7) is 0. The quantitative estimate of drug-likeness (QED) is 0.181. The van der Waals surface area contributed by atoms with Crippen molar-refractivity contribution in [3.05, 3.63) is 182 Å². The van der Waals surface area contributed by atoms with Gasteiger partial charge in [-0.3, -0.25) is 0 Å². The Kier molecular flexibility index (Phi) is 6.25. The van der Waals surface area contributed by atoms with Crippen molar-refractivity contribution in [1.82, 2.24) is 0 Å². The van der Waals surface area contributed by atoms with E-state index in [4.69, 9.17) is 0 Å². The first-order valence-electron chi connectivity index (χ1n) is 15.9. The highest BCUT2D eigenvalue weighted by Crippen LogP contribution is 2.39. The Labute approximate surface area is 268 Å². The lowest BCUT2D eigenvalue weighted by atomic mass is 9.89. The van der Waals surface area contributed by atoms with Crippen molar-refractivity contribution in [1.29, 1.82) is 0 Å². The molecule has 0 bridgehead atoms. The molecule has 0 aliphatic heterocycles. The van der Waals surface area contributed by atoms with Crippen LogP contribution < -0.4 is 0 Å². The minimum atomic E-state index is 1.23. The Morgan fingerprint density at radius 1 is 0.196 bits per heavy atom. The molecule has 46 heavy (non-hydrogen) atoms. The molecule has 0 aliphatic carbocycles. The fourth-order valence-electron chi connectivity index (χ4n) is 7.07. The van der Waals surface area contributed by atoms with Gasteiger partial charge in [-0.1, -0.05) is 158 Å². The van der Waals surface area contributed by atoms with Gasteiger partial charge in [0.2, 0.25) is 0 Å². The van der Waals surface area contributed by atoms with Gasteiger partial charge < -0.3 is 0 Å². The molecule has 0 saturated carbocycles. The molecule has 0 nitrogen and oxygen atoms in total. The lowest BCUT2D eigenvalue weighted by Gasteiger charge is -2.14. The third-order valence-corrected chi connectivity index (χ3v) is 9.44. The maximum absolute atomic E-state index is 2.35. The molecule has 9 rings (SSSR count). The Morgan fingerprint density at radius 2 is 0.696 bits per heavy atom. The molecule has 0 aliphatic rings. The summed E-state index contributed by atoms with van der Waals surface area (Å²) < 4.78 is 0. The van der Waals surface area contributed by atoms with E-state index in [1.54, 1.807) is 0 Å². The van der Waals surface area contributed by atoms with Crippen LogP contribution in [0.3, 0.4) is 0 Å². The molecule has 0 saturated heterocycles. The van der Waals surface area contributed by atoms with E-state index in [1.807, 2.05) is 0 Å². The first-order valence-corrected chi connectivity index (χ1v) is 15.9. The lowest BCUT2D eigenvalue weighted by molar-refractivity contribution is 1.61. The molecule has 0 radical (unpaired) electrons. The van der Waals surface area contributed by atoms with Crippen molar-refractivity contribution >= 4 is 43.1 Å². The summed E-state index contributed by atoms with van der Waals surface area (Å²) in [5.74, 6) is 0. The van der Waals surface area contributed by atoms with E-state index >= 15 is 0 Å². The normalized spacial score (nSPS) is 11.5. The zero-order chi connectivity index (χ0) is 30.5. The monoisotopic (exact) mass is 582 g/mol. The van der Waals surface area contributed by atoms with Gasteiger partial charge in [0.05, 0.1) is 0 Å². The molecule has 0 aromatic heterocycles. The summed E-state index contributed by atoms with van der Waals surface area (Å²) in [5.41, 5.74) is 9.96. The van der Waals surface area contributed by atoms with Crippen molar-refractivity contribution in [3.8, 4) is 44.5 Å². The molecule has 0 heterocycles. The maximum Gasteiger partial charge on any atom is -0.00988 e. The fourth-order valence-corrected chi connectivity index (χ4v) is 7.07. The van der Waals surface area contributed by atoms with Gasteiger partial charge in [-0.25, -0.2) is 0 Å². The van der Waals surface area contributed by atoms with Crippen LogP contribution in [0.2, 0.25) is 0 Å². The SMILES string of the molecule is c1ccc(-c2cc3ccccc3cc2-c2ccc3c(ccc4cc(-c5ccc(-c6cccc7ccccc67)cc5)ccc43)c2)cc1. The summed E-state index contributed by atoms with van der Waals surface area (Å²) in [5, 5.41) is 10.1. The Morgan fingerprint density at radius 3 is 1.41 bits per heavy atom. The van der Waals surface area contributed by atoms with Crippen LogP contribution in [-0.2, 0) is 0 Å². The number of fused-ring (bicyclic) bond motifs is 5. The molecule has 0 spiro atoms. The zero-order valence-corrected chi connectivity index (χ0v) is 25.3. The van der Waals surface area contributed by atoms with Gasteiger partial charge in [0.25, 0.3) is 0 Å². The second-order valence-electron chi connectivity index (χ2n) is 12.2. The zero-order valence-electron chi connectivity index (χ0n) is 25.3. The predicted octanol–water partition coefficient (Wildman–Crippen LogP) is 13.0. The number of rotatable bonds is 4. The fraction of sp³-hybridized carbons (Fsp3) is 0. The van der Waals surface area contributed by atoms with E-state index in [-0.39, 0.29) is 0 Å². The standard InChI is InChI=1S/C46H30/c1-2-9-33(10-3-1)45-29-35-12-4-5-13-36(35)30-46(45)40-24-26-44-39(28-40)22-21-38-27-37(23-25-43(38)44)31-17-19-34(20-18-31)42-16-8-14-32-11-6-7-15-41(32)42/h1-30H. The van der Waals surface area contributed by atoms with E-state index in [2.05, 4.69) is 182 Å². The molecule has 0 N–H and O–H groups in total. The second kappa shape index (κ2) is 10.9. The molecular weight excluding hydrogens is 553 g/mol. The van der Waals surface area contributed by atoms with Crippen LogP contribution in [0.15, 0.2) is 182 Å². The summed E-state index contributed by atoms with van der Waals surface area (Å²) in [6, 6.07) is 66.6. The summed E-state index contributed by atoms with van der Waals surface area (Å²) in [4.78, 5) is 0.